The maximum absolute atomic E-state index is 13.0. The molecule has 0 aliphatic rings. The van der Waals surface area contributed by atoms with Gasteiger partial charge in [0.1, 0.15) is 16.5 Å². The van der Waals surface area contributed by atoms with Crippen molar-refractivity contribution in [1.82, 2.24) is 4.90 Å². The Labute approximate surface area is 172 Å². The fourth-order valence-corrected chi connectivity index (χ4v) is 3.50. The summed E-state index contributed by atoms with van der Waals surface area (Å²) in [6.45, 7) is 0.664. The van der Waals surface area contributed by atoms with Crippen LogP contribution in [0.25, 0.3) is 0 Å². The Morgan fingerprint density at radius 1 is 1.18 bits per heavy atom. The Balaban J connectivity index is 2.18. The number of methoxy groups -OCH3 is 1. The minimum atomic E-state index is -4.13. The number of ether oxygens (including phenoxy) is 1. The Morgan fingerprint density at radius 2 is 1.86 bits per heavy atom. The molecule has 0 saturated heterocycles. The first-order valence-corrected chi connectivity index (χ1v) is 10.4. The average molecular weight is 450 g/mol. The number of carbonyl (C=O) groups excluding carboxylic acids is 1. The molecule has 0 heterocycles. The standard InChI is InChI=1S/C18H18Cl2FNO5S/c1-26-10-9-22(18(23)17(19)20)12-13-3-2-4-15(11-13)27-28(24,25)16-7-5-14(21)6-8-16/h2-8,11,17H,9-10,12H2,1H3. The highest BCUT2D eigenvalue weighted by Gasteiger charge is 2.21. The van der Waals surface area contributed by atoms with Gasteiger partial charge in [0.25, 0.3) is 5.91 Å². The van der Waals surface area contributed by atoms with Gasteiger partial charge in [-0.1, -0.05) is 35.3 Å². The SMILES string of the molecule is COCCN(Cc1cccc(OS(=O)(=O)c2ccc(F)cc2)c1)C(=O)C(Cl)Cl. The lowest BCUT2D eigenvalue weighted by Gasteiger charge is -2.23. The third-order valence-corrected chi connectivity index (χ3v) is 5.28. The summed E-state index contributed by atoms with van der Waals surface area (Å²) in [5, 5.41) is 0. The molecule has 2 aromatic rings. The molecule has 0 fully saturated rings. The monoisotopic (exact) mass is 449 g/mol. The molecule has 152 valence electrons. The van der Waals surface area contributed by atoms with Crippen molar-refractivity contribution in [2.24, 2.45) is 0 Å². The van der Waals surface area contributed by atoms with E-state index in [-0.39, 0.29) is 30.3 Å². The van der Waals surface area contributed by atoms with Crippen molar-refractivity contribution in [1.29, 1.82) is 0 Å². The second-order valence-electron chi connectivity index (χ2n) is 5.69. The van der Waals surface area contributed by atoms with Crippen molar-refractivity contribution in [3.63, 3.8) is 0 Å². The van der Waals surface area contributed by atoms with Gasteiger partial charge in [0.2, 0.25) is 0 Å². The van der Waals surface area contributed by atoms with Crippen molar-refractivity contribution < 1.29 is 26.5 Å². The van der Waals surface area contributed by atoms with Crippen LogP contribution in [0.4, 0.5) is 4.39 Å². The van der Waals surface area contributed by atoms with E-state index in [2.05, 4.69) is 0 Å². The molecular formula is C18H18Cl2FNO5S. The molecule has 0 spiro atoms. The zero-order valence-corrected chi connectivity index (χ0v) is 17.2. The topological polar surface area (TPSA) is 72.9 Å². The van der Waals surface area contributed by atoms with Gasteiger partial charge in [-0.05, 0) is 42.0 Å². The van der Waals surface area contributed by atoms with Crippen LogP contribution in [-0.2, 0) is 26.2 Å². The molecule has 0 bridgehead atoms. The maximum Gasteiger partial charge on any atom is 0.339 e. The molecule has 28 heavy (non-hydrogen) atoms. The van der Waals surface area contributed by atoms with E-state index in [1.54, 1.807) is 12.1 Å². The number of hydrogen-bond donors (Lipinski definition) is 0. The van der Waals surface area contributed by atoms with Gasteiger partial charge in [-0.25, -0.2) is 4.39 Å². The Morgan fingerprint density at radius 3 is 2.46 bits per heavy atom. The van der Waals surface area contributed by atoms with Gasteiger partial charge in [-0.2, -0.15) is 8.42 Å². The zero-order valence-electron chi connectivity index (χ0n) is 14.8. The normalized spacial score (nSPS) is 11.5. The van der Waals surface area contributed by atoms with Crippen LogP contribution in [0, 0.1) is 5.82 Å². The molecule has 0 radical (unpaired) electrons. The van der Waals surface area contributed by atoms with E-state index in [9.17, 15) is 17.6 Å². The number of alkyl halides is 2. The quantitative estimate of drug-likeness (QED) is 0.433. The van der Waals surface area contributed by atoms with E-state index in [1.165, 1.54) is 24.1 Å². The van der Waals surface area contributed by atoms with Gasteiger partial charge in [0.15, 0.2) is 4.84 Å². The van der Waals surface area contributed by atoms with Crippen molar-refractivity contribution in [2.75, 3.05) is 20.3 Å². The molecule has 6 nitrogen and oxygen atoms in total. The summed E-state index contributed by atoms with van der Waals surface area (Å²) in [6.07, 6.45) is 0. The lowest BCUT2D eigenvalue weighted by atomic mass is 10.2. The second-order valence-corrected chi connectivity index (χ2v) is 8.33. The molecule has 0 aliphatic heterocycles. The highest BCUT2D eigenvalue weighted by atomic mass is 35.5. The van der Waals surface area contributed by atoms with Gasteiger partial charge in [0, 0.05) is 20.2 Å². The van der Waals surface area contributed by atoms with Crippen molar-refractivity contribution in [2.45, 2.75) is 16.3 Å². The molecule has 1 amide bonds. The number of hydrogen-bond acceptors (Lipinski definition) is 5. The third-order valence-electron chi connectivity index (χ3n) is 3.64. The molecule has 0 unspecified atom stereocenters. The summed E-state index contributed by atoms with van der Waals surface area (Å²) >= 11 is 11.3. The summed E-state index contributed by atoms with van der Waals surface area (Å²) in [7, 11) is -2.63. The van der Waals surface area contributed by atoms with Crippen molar-refractivity contribution in [3.05, 3.63) is 59.9 Å². The predicted octanol–water partition coefficient (Wildman–Crippen LogP) is 3.37. The third kappa shape index (κ3) is 6.34. The van der Waals surface area contributed by atoms with Crippen LogP contribution >= 0.6 is 23.2 Å². The molecule has 0 N–H and O–H groups in total. The molecular weight excluding hydrogens is 432 g/mol. The zero-order chi connectivity index (χ0) is 20.7. The average Bonchev–Trinajstić information content (AvgIpc) is 2.64. The maximum atomic E-state index is 13.0. The van der Waals surface area contributed by atoms with Crippen LogP contribution in [0.1, 0.15) is 5.56 Å². The van der Waals surface area contributed by atoms with E-state index in [0.29, 0.717) is 5.56 Å². The molecule has 0 saturated carbocycles. The molecule has 10 heteroatoms. The van der Waals surface area contributed by atoms with Gasteiger partial charge < -0.3 is 13.8 Å². The number of benzene rings is 2. The van der Waals surface area contributed by atoms with Gasteiger partial charge in [0.05, 0.1) is 6.61 Å². The number of amides is 1. The summed E-state index contributed by atoms with van der Waals surface area (Å²) in [5.41, 5.74) is 0.602. The van der Waals surface area contributed by atoms with Crippen LogP contribution in [0.2, 0.25) is 0 Å². The first-order chi connectivity index (χ1) is 13.2. The number of halogens is 3. The smallest absolute Gasteiger partial charge is 0.339 e. The lowest BCUT2D eigenvalue weighted by Crippen LogP contribution is -2.36. The van der Waals surface area contributed by atoms with Crippen molar-refractivity contribution >= 4 is 39.2 Å². The summed E-state index contributed by atoms with van der Waals surface area (Å²) in [4.78, 5) is 12.1. The summed E-state index contributed by atoms with van der Waals surface area (Å²) in [6, 6.07) is 10.5. The Bertz CT molecular complexity index is 906. The Hall–Kier alpha value is -1.87. The number of rotatable bonds is 9. The van der Waals surface area contributed by atoms with Gasteiger partial charge in [-0.3, -0.25) is 4.79 Å². The number of nitrogens with zero attached hydrogens (tertiary/aromatic N) is 1. The van der Waals surface area contributed by atoms with E-state index < -0.39 is 26.7 Å². The summed E-state index contributed by atoms with van der Waals surface area (Å²) < 4.78 is 47.7. The molecule has 0 aliphatic carbocycles. The predicted molar refractivity (Wildman–Crippen MR) is 103 cm³/mol. The fraction of sp³-hybridized carbons (Fsp3) is 0.278. The number of carbonyl (C=O) groups is 1. The molecule has 0 aromatic heterocycles. The summed E-state index contributed by atoms with van der Waals surface area (Å²) in [5.74, 6) is -1.00. The highest BCUT2D eigenvalue weighted by Crippen LogP contribution is 2.21. The van der Waals surface area contributed by atoms with Crippen LogP contribution in [0.3, 0.4) is 0 Å². The van der Waals surface area contributed by atoms with E-state index in [4.69, 9.17) is 32.1 Å². The van der Waals surface area contributed by atoms with E-state index in [1.807, 2.05) is 0 Å². The van der Waals surface area contributed by atoms with E-state index >= 15 is 0 Å². The van der Waals surface area contributed by atoms with Gasteiger partial charge >= 0.3 is 10.1 Å². The first kappa shape index (κ1) is 22.4. The highest BCUT2D eigenvalue weighted by molar-refractivity contribution is 7.87. The largest absolute Gasteiger partial charge is 0.383 e. The lowest BCUT2D eigenvalue weighted by molar-refractivity contribution is -0.130. The fourth-order valence-electron chi connectivity index (χ4n) is 2.30. The minimum Gasteiger partial charge on any atom is -0.383 e. The van der Waals surface area contributed by atoms with Crippen LogP contribution in [0.5, 0.6) is 5.75 Å². The molecule has 0 atom stereocenters. The second kappa shape index (κ2) is 10.1. The first-order valence-electron chi connectivity index (χ1n) is 8.08. The van der Waals surface area contributed by atoms with Crippen LogP contribution in [-0.4, -0.2) is 44.3 Å². The Kier molecular flexibility index (Phi) is 8.06. The minimum absolute atomic E-state index is 0.0502. The van der Waals surface area contributed by atoms with Crippen LogP contribution in [0.15, 0.2) is 53.4 Å². The van der Waals surface area contributed by atoms with E-state index in [0.717, 1.165) is 24.3 Å². The van der Waals surface area contributed by atoms with Gasteiger partial charge in [-0.15, -0.1) is 0 Å². The molecule has 2 aromatic carbocycles. The van der Waals surface area contributed by atoms with Crippen molar-refractivity contribution in [3.8, 4) is 5.75 Å². The van der Waals surface area contributed by atoms with Crippen LogP contribution < -0.4 is 4.18 Å². The molecule has 2 rings (SSSR count).